The van der Waals surface area contributed by atoms with Crippen LogP contribution >= 0.6 is 0 Å². The summed E-state index contributed by atoms with van der Waals surface area (Å²) in [6.45, 7) is 3.03. The molecule has 0 radical (unpaired) electrons. The minimum Gasteiger partial charge on any atom is -0.344 e. The lowest BCUT2D eigenvalue weighted by atomic mass is 9.96. The summed E-state index contributed by atoms with van der Waals surface area (Å²) in [5.41, 5.74) is 5.44. The second-order valence-corrected chi connectivity index (χ2v) is 4.82. The lowest BCUT2D eigenvalue weighted by Crippen LogP contribution is -2.17. The van der Waals surface area contributed by atoms with Crippen LogP contribution in [0.4, 0.5) is 0 Å². The van der Waals surface area contributed by atoms with E-state index in [-0.39, 0.29) is 0 Å². The average molecular weight is 241 g/mol. The van der Waals surface area contributed by atoms with Crippen molar-refractivity contribution in [1.29, 1.82) is 0 Å². The Hall–Kier alpha value is -1.88. The number of aromatic nitrogens is 4. The van der Waals surface area contributed by atoms with E-state index in [0.29, 0.717) is 0 Å². The Morgan fingerprint density at radius 1 is 1.33 bits per heavy atom. The van der Waals surface area contributed by atoms with Gasteiger partial charge >= 0.3 is 0 Å². The highest BCUT2D eigenvalue weighted by Gasteiger charge is 2.24. The minimum absolute atomic E-state index is 0.980. The molecule has 0 fully saturated rings. The molecule has 0 unspecified atom stereocenters. The highest BCUT2D eigenvalue weighted by atomic mass is 15.3. The van der Waals surface area contributed by atoms with Crippen molar-refractivity contribution in [3.63, 3.8) is 0 Å². The zero-order chi connectivity index (χ0) is 11.9. The number of hydrogen-bond donors (Lipinski definition) is 1. The van der Waals surface area contributed by atoms with E-state index in [2.05, 4.69) is 32.2 Å². The van der Waals surface area contributed by atoms with Crippen LogP contribution in [0.25, 0.3) is 11.3 Å². The fourth-order valence-electron chi connectivity index (χ4n) is 2.98. The predicted molar refractivity (Wildman–Crippen MR) is 68.5 cm³/mol. The van der Waals surface area contributed by atoms with Gasteiger partial charge in [0.05, 0.1) is 11.4 Å². The van der Waals surface area contributed by atoms with Crippen molar-refractivity contribution in [3.05, 3.63) is 36.2 Å². The highest BCUT2D eigenvalue weighted by Crippen LogP contribution is 2.32. The van der Waals surface area contributed by atoms with Crippen molar-refractivity contribution in [1.82, 2.24) is 24.6 Å². The molecule has 2 aliphatic rings. The molecule has 0 spiro atoms. The molecule has 18 heavy (non-hydrogen) atoms. The van der Waals surface area contributed by atoms with Crippen LogP contribution in [0, 0.1) is 0 Å². The van der Waals surface area contributed by atoms with E-state index in [4.69, 9.17) is 0 Å². The fourth-order valence-corrected chi connectivity index (χ4v) is 2.98. The first-order valence-corrected chi connectivity index (χ1v) is 6.40. The van der Waals surface area contributed by atoms with E-state index in [1.165, 1.54) is 22.5 Å². The van der Waals surface area contributed by atoms with Crippen LogP contribution in [-0.2, 0) is 13.0 Å². The second kappa shape index (κ2) is 3.81. The van der Waals surface area contributed by atoms with Crippen molar-refractivity contribution < 1.29 is 0 Å². The van der Waals surface area contributed by atoms with Crippen LogP contribution in [0.2, 0.25) is 0 Å². The molecule has 1 aliphatic carbocycles. The van der Waals surface area contributed by atoms with Gasteiger partial charge in [0.1, 0.15) is 12.7 Å². The second-order valence-electron chi connectivity index (χ2n) is 4.82. The van der Waals surface area contributed by atoms with Gasteiger partial charge in [-0.15, -0.1) is 0 Å². The van der Waals surface area contributed by atoms with E-state index in [1.54, 1.807) is 12.7 Å². The first-order chi connectivity index (χ1) is 8.93. The molecule has 2 aromatic rings. The van der Waals surface area contributed by atoms with E-state index in [0.717, 1.165) is 32.5 Å². The molecule has 2 aromatic heterocycles. The van der Waals surface area contributed by atoms with Crippen molar-refractivity contribution in [2.75, 3.05) is 13.1 Å². The van der Waals surface area contributed by atoms with Gasteiger partial charge in [-0.05, 0) is 18.4 Å². The summed E-state index contributed by atoms with van der Waals surface area (Å²) in [6.07, 6.45) is 10.2. The lowest BCUT2D eigenvalue weighted by Gasteiger charge is -2.15. The fraction of sp³-hybridized carbons (Fsp3) is 0.385. The Bertz CT molecular complexity index is 606. The largest absolute Gasteiger partial charge is 0.344 e. The zero-order valence-corrected chi connectivity index (χ0v) is 10.1. The first kappa shape index (κ1) is 10.1. The Morgan fingerprint density at radius 2 is 2.33 bits per heavy atom. The van der Waals surface area contributed by atoms with Crippen LogP contribution in [0.5, 0.6) is 0 Å². The van der Waals surface area contributed by atoms with Crippen LogP contribution in [-0.4, -0.2) is 32.4 Å². The van der Waals surface area contributed by atoms with Crippen molar-refractivity contribution in [3.8, 4) is 5.69 Å². The van der Waals surface area contributed by atoms with Gasteiger partial charge in [0.25, 0.3) is 0 Å². The third kappa shape index (κ3) is 1.37. The molecule has 0 saturated carbocycles. The van der Waals surface area contributed by atoms with Crippen LogP contribution in [0.15, 0.2) is 24.9 Å². The Kier molecular flexibility index (Phi) is 2.14. The molecular weight excluding hydrogens is 226 g/mol. The zero-order valence-electron chi connectivity index (χ0n) is 10.1. The summed E-state index contributed by atoms with van der Waals surface area (Å²) < 4.78 is 4.24. The third-order valence-corrected chi connectivity index (χ3v) is 3.76. The van der Waals surface area contributed by atoms with Gasteiger partial charge in [0, 0.05) is 31.4 Å². The number of hydrogen-bond acceptors (Lipinski definition) is 3. The van der Waals surface area contributed by atoms with Crippen LogP contribution < -0.4 is 5.32 Å². The topological polar surface area (TPSA) is 47.7 Å². The molecule has 1 aliphatic heterocycles. The molecule has 1 N–H and O–H groups in total. The number of allylic oxidation sites excluding steroid dienone is 1. The summed E-state index contributed by atoms with van der Waals surface area (Å²) in [7, 11) is 0. The smallest absolute Gasteiger partial charge is 0.138 e. The molecule has 0 atom stereocenters. The van der Waals surface area contributed by atoms with Gasteiger partial charge in [-0.1, -0.05) is 6.08 Å². The van der Waals surface area contributed by atoms with Crippen LogP contribution in [0.3, 0.4) is 0 Å². The molecular formula is C13H15N5. The molecule has 4 rings (SSSR count). The quantitative estimate of drug-likeness (QED) is 0.810. The van der Waals surface area contributed by atoms with Gasteiger partial charge in [0.15, 0.2) is 0 Å². The lowest BCUT2D eigenvalue weighted by molar-refractivity contribution is 0.648. The summed E-state index contributed by atoms with van der Waals surface area (Å²) in [4.78, 5) is 4.05. The molecule has 0 bridgehead atoms. The Morgan fingerprint density at radius 3 is 3.22 bits per heavy atom. The Balaban J connectivity index is 1.94. The van der Waals surface area contributed by atoms with E-state index >= 15 is 0 Å². The SMILES string of the molecule is C1=C2CNCCn3cc(-n4cncn4)c(c32)CC1. The molecule has 5 heteroatoms. The van der Waals surface area contributed by atoms with Crippen LogP contribution in [0.1, 0.15) is 17.7 Å². The standard InChI is InChI=1S/C13H15N5/c1-2-10-6-14-4-5-17-7-12(11(3-1)13(10)17)18-9-15-8-16-18/h2,7-9,14H,1,3-6H2. The number of nitrogens with zero attached hydrogens (tertiary/aromatic N) is 4. The van der Waals surface area contributed by atoms with E-state index in [9.17, 15) is 0 Å². The maximum atomic E-state index is 4.27. The maximum absolute atomic E-state index is 4.27. The van der Waals surface area contributed by atoms with E-state index in [1.807, 2.05) is 4.68 Å². The summed E-state index contributed by atoms with van der Waals surface area (Å²) in [6, 6.07) is 0. The third-order valence-electron chi connectivity index (χ3n) is 3.76. The molecule has 92 valence electrons. The predicted octanol–water partition coefficient (Wildman–Crippen LogP) is 1.00. The molecule has 0 saturated heterocycles. The van der Waals surface area contributed by atoms with Gasteiger partial charge in [0.2, 0.25) is 0 Å². The molecule has 0 amide bonds. The van der Waals surface area contributed by atoms with Crippen molar-refractivity contribution >= 4 is 5.57 Å². The Labute approximate surface area is 105 Å². The van der Waals surface area contributed by atoms with Gasteiger partial charge in [-0.25, -0.2) is 9.67 Å². The minimum atomic E-state index is 0.980. The summed E-state index contributed by atoms with van der Waals surface area (Å²) in [5.74, 6) is 0. The highest BCUT2D eigenvalue weighted by molar-refractivity contribution is 5.73. The van der Waals surface area contributed by atoms with Crippen molar-refractivity contribution in [2.45, 2.75) is 19.4 Å². The molecule has 0 aromatic carbocycles. The number of rotatable bonds is 1. The molecule has 3 heterocycles. The van der Waals surface area contributed by atoms with Gasteiger partial charge in [-0.2, -0.15) is 5.10 Å². The maximum Gasteiger partial charge on any atom is 0.138 e. The molecule has 5 nitrogen and oxygen atoms in total. The van der Waals surface area contributed by atoms with Gasteiger partial charge in [-0.3, -0.25) is 0 Å². The first-order valence-electron chi connectivity index (χ1n) is 6.40. The van der Waals surface area contributed by atoms with Gasteiger partial charge < -0.3 is 9.88 Å². The normalized spacial score (nSPS) is 18.1. The average Bonchev–Trinajstić information content (AvgIpc) is 2.97. The monoisotopic (exact) mass is 241 g/mol. The van der Waals surface area contributed by atoms with E-state index < -0.39 is 0 Å². The van der Waals surface area contributed by atoms with Crippen molar-refractivity contribution in [2.24, 2.45) is 0 Å². The summed E-state index contributed by atoms with van der Waals surface area (Å²) >= 11 is 0. The number of nitrogens with one attached hydrogen (secondary N) is 1. The summed E-state index contributed by atoms with van der Waals surface area (Å²) in [5, 5.41) is 7.74.